The zero-order valence-electron chi connectivity index (χ0n) is 31.1. The highest BCUT2D eigenvalue weighted by molar-refractivity contribution is 5.87. The molecule has 0 amide bonds. The molecular weight excluding hydrogens is 608 g/mol. The summed E-state index contributed by atoms with van der Waals surface area (Å²) in [6.45, 7) is 20.3. The van der Waals surface area contributed by atoms with Gasteiger partial charge in [-0.2, -0.15) is 0 Å². The van der Waals surface area contributed by atoms with E-state index in [0.717, 1.165) is 31.3 Å². The molecular formula is C40H62O8. The van der Waals surface area contributed by atoms with Crippen molar-refractivity contribution in [2.75, 3.05) is 13.2 Å². The molecule has 8 heteroatoms. The Hall–Kier alpha value is -2.00. The summed E-state index contributed by atoms with van der Waals surface area (Å²) in [6, 6.07) is 0. The molecule has 0 heterocycles. The third-order valence-corrected chi connectivity index (χ3v) is 15.1. The second-order valence-corrected chi connectivity index (χ2v) is 18.2. The standard InChI is InChI=1S/C40H62O8/c1-11-24(4)34(46)48-21-37(8)27-14-17-38(9)28(36(27,7)16-15-29(37)41)13-12-25-26-19-35(5,6)32(44)33(45)40(26,30(42)20-39(25,38)10)22-47-31(43)18-23(2)3/h11-12,18,26-30,32-33,41-42,44-45H,13-17,19-22H2,1-10H3/b24-11+/t26?,27?,28?,29-,30+,32-,33-,36-,37+,38+,39+,40-/m0/s1. The fraction of sp³-hybridized carbons (Fsp3) is 0.800. The van der Waals surface area contributed by atoms with E-state index in [0.29, 0.717) is 24.8 Å². The Morgan fingerprint density at radius 2 is 1.52 bits per heavy atom. The van der Waals surface area contributed by atoms with Gasteiger partial charge in [0, 0.05) is 17.1 Å². The number of aliphatic hydroxyl groups is 4. The summed E-state index contributed by atoms with van der Waals surface area (Å²) >= 11 is 0. The van der Waals surface area contributed by atoms with E-state index in [1.165, 1.54) is 11.6 Å². The Balaban J connectivity index is 1.55. The molecule has 12 atom stereocenters. The topological polar surface area (TPSA) is 134 Å². The van der Waals surface area contributed by atoms with Crippen LogP contribution in [-0.4, -0.2) is 70.0 Å². The van der Waals surface area contributed by atoms with E-state index in [4.69, 9.17) is 9.47 Å². The molecule has 0 spiro atoms. The number of rotatable bonds is 6. The molecule has 0 saturated heterocycles. The maximum absolute atomic E-state index is 12.8. The van der Waals surface area contributed by atoms with Gasteiger partial charge in [-0.1, -0.05) is 64.8 Å². The van der Waals surface area contributed by atoms with Gasteiger partial charge in [-0.25, -0.2) is 9.59 Å². The summed E-state index contributed by atoms with van der Waals surface area (Å²) < 4.78 is 11.7. The van der Waals surface area contributed by atoms with E-state index in [2.05, 4.69) is 33.8 Å². The molecule has 5 rings (SSSR count). The lowest BCUT2D eigenvalue weighted by Crippen LogP contribution is -2.72. The predicted octanol–water partition coefficient (Wildman–Crippen LogP) is 6.06. The molecule has 3 unspecified atom stereocenters. The van der Waals surface area contributed by atoms with Crippen LogP contribution >= 0.6 is 0 Å². The second-order valence-electron chi connectivity index (χ2n) is 18.2. The van der Waals surface area contributed by atoms with E-state index in [1.54, 1.807) is 13.0 Å². The Kier molecular flexibility index (Phi) is 9.58. The molecule has 0 aliphatic heterocycles. The first-order chi connectivity index (χ1) is 22.2. The lowest BCUT2D eigenvalue weighted by atomic mass is 9.33. The summed E-state index contributed by atoms with van der Waals surface area (Å²) in [7, 11) is 0. The van der Waals surface area contributed by atoms with E-state index >= 15 is 0 Å². The normalized spacial score (nSPS) is 46.5. The average Bonchev–Trinajstić information content (AvgIpc) is 3.00. The average molecular weight is 671 g/mol. The smallest absolute Gasteiger partial charge is 0.333 e. The molecule has 0 aromatic carbocycles. The van der Waals surface area contributed by atoms with Crippen LogP contribution in [0, 0.1) is 50.2 Å². The Labute approximate surface area is 288 Å². The van der Waals surface area contributed by atoms with Crippen molar-refractivity contribution in [1.29, 1.82) is 0 Å². The van der Waals surface area contributed by atoms with Crippen LogP contribution in [0.5, 0.6) is 0 Å². The first kappa shape index (κ1) is 37.3. The number of fused-ring (bicyclic) bond motifs is 7. The first-order valence-corrected chi connectivity index (χ1v) is 18.2. The highest BCUT2D eigenvalue weighted by Crippen LogP contribution is 2.75. The molecule has 0 bridgehead atoms. The fourth-order valence-corrected chi connectivity index (χ4v) is 11.8. The highest BCUT2D eigenvalue weighted by atomic mass is 16.5. The van der Waals surface area contributed by atoms with Crippen LogP contribution in [-0.2, 0) is 19.1 Å². The van der Waals surface area contributed by atoms with Crippen LogP contribution in [0.3, 0.4) is 0 Å². The lowest BCUT2D eigenvalue weighted by molar-refractivity contribution is -0.260. The number of esters is 2. The van der Waals surface area contributed by atoms with Crippen molar-refractivity contribution in [3.63, 3.8) is 0 Å². The van der Waals surface area contributed by atoms with Gasteiger partial charge in [0.15, 0.2) is 0 Å². The number of hydrogen-bond acceptors (Lipinski definition) is 8. The van der Waals surface area contributed by atoms with E-state index < -0.39 is 52.0 Å². The van der Waals surface area contributed by atoms with Gasteiger partial charge >= 0.3 is 11.9 Å². The monoisotopic (exact) mass is 670 g/mol. The van der Waals surface area contributed by atoms with Crippen LogP contribution in [0.15, 0.2) is 34.9 Å². The van der Waals surface area contributed by atoms with Crippen molar-refractivity contribution < 1.29 is 39.5 Å². The van der Waals surface area contributed by atoms with Gasteiger partial charge in [-0.15, -0.1) is 0 Å². The fourth-order valence-electron chi connectivity index (χ4n) is 11.8. The van der Waals surface area contributed by atoms with Crippen LogP contribution in [0.4, 0.5) is 0 Å². The number of ether oxygens (including phenoxy) is 2. The van der Waals surface area contributed by atoms with E-state index in [1.807, 2.05) is 34.6 Å². The highest BCUT2D eigenvalue weighted by Gasteiger charge is 2.72. The van der Waals surface area contributed by atoms with Gasteiger partial charge in [0.25, 0.3) is 0 Å². The number of allylic oxidation sites excluding steroid dienone is 4. The largest absolute Gasteiger partial charge is 0.462 e. The number of carbonyl (C=O) groups is 2. The van der Waals surface area contributed by atoms with Gasteiger partial charge in [0.05, 0.1) is 36.4 Å². The van der Waals surface area contributed by atoms with Crippen molar-refractivity contribution in [2.45, 2.75) is 139 Å². The van der Waals surface area contributed by atoms with Crippen molar-refractivity contribution in [1.82, 2.24) is 0 Å². The molecule has 270 valence electrons. The summed E-state index contributed by atoms with van der Waals surface area (Å²) in [4.78, 5) is 25.5. The minimum Gasteiger partial charge on any atom is -0.462 e. The van der Waals surface area contributed by atoms with Crippen LogP contribution in [0.1, 0.15) is 114 Å². The van der Waals surface area contributed by atoms with Crippen molar-refractivity contribution in [3.05, 3.63) is 34.9 Å². The van der Waals surface area contributed by atoms with E-state index in [9.17, 15) is 30.0 Å². The summed E-state index contributed by atoms with van der Waals surface area (Å²) in [5.41, 5.74) is -0.653. The minimum absolute atomic E-state index is 0.136. The number of hydrogen-bond donors (Lipinski definition) is 4. The zero-order valence-corrected chi connectivity index (χ0v) is 31.1. The third kappa shape index (κ3) is 5.29. The maximum atomic E-state index is 12.8. The SMILES string of the molecule is C/C=C(\C)C(=O)OC[C@]1(C)C2CC[C@]3(C)C(CC=C4C5CC(C)(C)[C@@H](O)[C@H](O)[C@]5(COC(=O)C=C(C)C)[C@H](O)C[C@]43C)[C@@]2(C)CC[C@@H]1O. The third-order valence-electron chi connectivity index (χ3n) is 15.1. The van der Waals surface area contributed by atoms with Crippen molar-refractivity contribution in [2.24, 2.45) is 50.2 Å². The first-order valence-electron chi connectivity index (χ1n) is 18.2. The molecule has 4 N–H and O–H groups in total. The molecule has 0 aromatic heterocycles. The van der Waals surface area contributed by atoms with E-state index in [-0.39, 0.29) is 47.8 Å². The Morgan fingerprint density at radius 1 is 0.854 bits per heavy atom. The predicted molar refractivity (Wildman–Crippen MR) is 184 cm³/mol. The molecule has 0 aromatic rings. The molecule has 5 aliphatic carbocycles. The van der Waals surface area contributed by atoms with Gasteiger partial charge in [-0.05, 0) is 112 Å². The van der Waals surface area contributed by atoms with Gasteiger partial charge < -0.3 is 29.9 Å². The molecule has 4 saturated carbocycles. The molecule has 8 nitrogen and oxygen atoms in total. The van der Waals surface area contributed by atoms with Crippen LogP contribution in [0.2, 0.25) is 0 Å². The van der Waals surface area contributed by atoms with Crippen molar-refractivity contribution >= 4 is 11.9 Å². The van der Waals surface area contributed by atoms with Crippen molar-refractivity contribution in [3.8, 4) is 0 Å². The van der Waals surface area contributed by atoms with Gasteiger partial charge in [-0.3, -0.25) is 0 Å². The van der Waals surface area contributed by atoms with Crippen LogP contribution in [0.25, 0.3) is 0 Å². The summed E-state index contributed by atoms with van der Waals surface area (Å²) in [5, 5.41) is 47.1. The quantitative estimate of drug-likeness (QED) is 0.152. The van der Waals surface area contributed by atoms with Crippen LogP contribution < -0.4 is 0 Å². The maximum Gasteiger partial charge on any atom is 0.333 e. The molecule has 4 fully saturated rings. The Bertz CT molecular complexity index is 1390. The molecule has 0 radical (unpaired) electrons. The number of aliphatic hydroxyl groups excluding tert-OH is 4. The lowest BCUT2D eigenvalue weighted by Gasteiger charge is -2.72. The van der Waals surface area contributed by atoms with Gasteiger partial charge in [0.1, 0.15) is 6.61 Å². The molecule has 48 heavy (non-hydrogen) atoms. The summed E-state index contributed by atoms with van der Waals surface area (Å²) in [6.07, 6.45) is 6.56. The zero-order chi connectivity index (χ0) is 35.8. The Morgan fingerprint density at radius 3 is 2.15 bits per heavy atom. The minimum atomic E-state index is -1.28. The molecule has 5 aliphatic rings. The van der Waals surface area contributed by atoms with Gasteiger partial charge in [0.2, 0.25) is 0 Å². The second kappa shape index (κ2) is 12.3. The summed E-state index contributed by atoms with van der Waals surface area (Å²) in [5.74, 6) is -0.766. The number of carbonyl (C=O) groups excluding carboxylic acids is 2.